The second-order valence-electron chi connectivity index (χ2n) is 4.93. The molecule has 2 N–H and O–H groups in total. The van der Waals surface area contributed by atoms with Gasteiger partial charge in [0, 0.05) is 23.6 Å². The molecule has 0 aliphatic carbocycles. The zero-order chi connectivity index (χ0) is 15.4. The molecule has 21 heavy (non-hydrogen) atoms. The standard InChI is InChI=1S/C16H17BrF2N2/c1-21(10-12-4-2-3-5-13(12)17)16(9-20)11-6-7-14(18)15(19)8-11/h2-8,16H,9-10,20H2,1H3. The largest absolute Gasteiger partial charge is 0.329 e. The molecule has 0 saturated heterocycles. The molecule has 2 rings (SSSR count). The highest BCUT2D eigenvalue weighted by Gasteiger charge is 2.18. The van der Waals surface area contributed by atoms with E-state index in [9.17, 15) is 8.78 Å². The first-order valence-electron chi connectivity index (χ1n) is 6.61. The van der Waals surface area contributed by atoms with Crippen molar-refractivity contribution in [3.8, 4) is 0 Å². The summed E-state index contributed by atoms with van der Waals surface area (Å²) in [5.74, 6) is -1.69. The van der Waals surface area contributed by atoms with Crippen LogP contribution in [-0.4, -0.2) is 18.5 Å². The molecule has 1 atom stereocenters. The number of likely N-dealkylation sites (N-methyl/N-ethyl adjacent to an activating group) is 1. The Morgan fingerprint density at radius 1 is 1.14 bits per heavy atom. The molecule has 0 bridgehead atoms. The highest BCUT2D eigenvalue weighted by molar-refractivity contribution is 9.10. The third-order valence-corrected chi connectivity index (χ3v) is 4.23. The number of hydrogen-bond acceptors (Lipinski definition) is 2. The molecule has 0 aromatic heterocycles. The van der Waals surface area contributed by atoms with Crippen LogP contribution in [0, 0.1) is 11.6 Å². The van der Waals surface area contributed by atoms with Gasteiger partial charge in [-0.1, -0.05) is 40.2 Å². The summed E-state index contributed by atoms with van der Waals surface area (Å²) in [5.41, 5.74) is 7.60. The van der Waals surface area contributed by atoms with Crippen LogP contribution in [0.1, 0.15) is 17.2 Å². The van der Waals surface area contributed by atoms with Gasteiger partial charge in [0.05, 0.1) is 0 Å². The maximum Gasteiger partial charge on any atom is 0.159 e. The fourth-order valence-corrected chi connectivity index (χ4v) is 2.71. The Morgan fingerprint density at radius 2 is 1.86 bits per heavy atom. The first-order chi connectivity index (χ1) is 10.0. The average Bonchev–Trinajstić information content (AvgIpc) is 2.46. The quantitative estimate of drug-likeness (QED) is 0.883. The van der Waals surface area contributed by atoms with E-state index in [0.29, 0.717) is 18.7 Å². The lowest BCUT2D eigenvalue weighted by Gasteiger charge is -2.28. The fraction of sp³-hybridized carbons (Fsp3) is 0.250. The SMILES string of the molecule is CN(Cc1ccccc1Br)C(CN)c1ccc(F)c(F)c1. The molecule has 0 aliphatic rings. The van der Waals surface area contributed by atoms with Gasteiger partial charge in [-0.2, -0.15) is 0 Å². The lowest BCUT2D eigenvalue weighted by Crippen LogP contribution is -2.30. The van der Waals surface area contributed by atoms with Crippen LogP contribution in [0.25, 0.3) is 0 Å². The molecular weight excluding hydrogens is 338 g/mol. The van der Waals surface area contributed by atoms with Gasteiger partial charge in [-0.25, -0.2) is 8.78 Å². The van der Waals surface area contributed by atoms with Crippen LogP contribution in [0.3, 0.4) is 0 Å². The molecular formula is C16H17BrF2N2. The Bertz CT molecular complexity index is 619. The lowest BCUT2D eigenvalue weighted by molar-refractivity contribution is 0.240. The van der Waals surface area contributed by atoms with Crippen molar-refractivity contribution in [2.45, 2.75) is 12.6 Å². The molecule has 0 amide bonds. The molecule has 2 aromatic rings. The highest BCUT2D eigenvalue weighted by atomic mass is 79.9. The summed E-state index contributed by atoms with van der Waals surface area (Å²) in [6.07, 6.45) is 0. The molecule has 0 heterocycles. The van der Waals surface area contributed by atoms with Gasteiger partial charge < -0.3 is 5.73 Å². The van der Waals surface area contributed by atoms with E-state index in [0.717, 1.165) is 16.1 Å². The van der Waals surface area contributed by atoms with Crippen molar-refractivity contribution in [2.24, 2.45) is 5.73 Å². The third-order valence-electron chi connectivity index (χ3n) is 3.46. The molecule has 2 nitrogen and oxygen atoms in total. The van der Waals surface area contributed by atoms with Crippen LogP contribution in [0.5, 0.6) is 0 Å². The van der Waals surface area contributed by atoms with Gasteiger partial charge >= 0.3 is 0 Å². The monoisotopic (exact) mass is 354 g/mol. The van der Waals surface area contributed by atoms with Crippen molar-refractivity contribution in [3.05, 3.63) is 69.7 Å². The maximum atomic E-state index is 13.4. The molecule has 0 saturated carbocycles. The average molecular weight is 355 g/mol. The van der Waals surface area contributed by atoms with Crippen molar-refractivity contribution in [2.75, 3.05) is 13.6 Å². The first-order valence-corrected chi connectivity index (χ1v) is 7.41. The first kappa shape index (κ1) is 16.1. The van der Waals surface area contributed by atoms with Crippen LogP contribution in [0.4, 0.5) is 8.78 Å². The van der Waals surface area contributed by atoms with Crippen LogP contribution in [0.2, 0.25) is 0 Å². The second kappa shape index (κ2) is 7.11. The van der Waals surface area contributed by atoms with Crippen molar-refractivity contribution >= 4 is 15.9 Å². The van der Waals surface area contributed by atoms with Gasteiger partial charge in [-0.05, 0) is 36.4 Å². The van der Waals surface area contributed by atoms with Gasteiger partial charge in [0.15, 0.2) is 11.6 Å². The molecule has 0 radical (unpaired) electrons. The smallest absolute Gasteiger partial charge is 0.159 e. The zero-order valence-corrected chi connectivity index (χ0v) is 13.3. The molecule has 1 unspecified atom stereocenters. The Balaban J connectivity index is 2.20. The van der Waals surface area contributed by atoms with Gasteiger partial charge in [-0.15, -0.1) is 0 Å². The third kappa shape index (κ3) is 3.87. The van der Waals surface area contributed by atoms with E-state index in [2.05, 4.69) is 15.9 Å². The summed E-state index contributed by atoms with van der Waals surface area (Å²) in [4.78, 5) is 2.02. The van der Waals surface area contributed by atoms with E-state index in [1.165, 1.54) is 6.07 Å². The van der Waals surface area contributed by atoms with E-state index in [1.807, 2.05) is 36.2 Å². The van der Waals surface area contributed by atoms with Crippen LogP contribution in [-0.2, 0) is 6.54 Å². The van der Waals surface area contributed by atoms with E-state index in [1.54, 1.807) is 6.07 Å². The van der Waals surface area contributed by atoms with E-state index in [-0.39, 0.29) is 6.04 Å². The summed E-state index contributed by atoms with van der Waals surface area (Å²) in [5, 5.41) is 0. The van der Waals surface area contributed by atoms with Crippen molar-refractivity contribution in [3.63, 3.8) is 0 Å². The van der Waals surface area contributed by atoms with E-state index >= 15 is 0 Å². The number of nitrogens with two attached hydrogens (primary N) is 1. The van der Waals surface area contributed by atoms with Crippen molar-refractivity contribution < 1.29 is 8.78 Å². The number of rotatable bonds is 5. The minimum absolute atomic E-state index is 0.174. The number of hydrogen-bond donors (Lipinski definition) is 1. The van der Waals surface area contributed by atoms with E-state index < -0.39 is 11.6 Å². The zero-order valence-electron chi connectivity index (χ0n) is 11.7. The molecule has 0 spiro atoms. The van der Waals surface area contributed by atoms with Crippen molar-refractivity contribution in [1.29, 1.82) is 0 Å². The van der Waals surface area contributed by atoms with Gasteiger partial charge in [0.1, 0.15) is 0 Å². The van der Waals surface area contributed by atoms with Gasteiger partial charge in [0.2, 0.25) is 0 Å². The summed E-state index contributed by atoms with van der Waals surface area (Å²) in [7, 11) is 1.91. The summed E-state index contributed by atoms with van der Waals surface area (Å²) in [6, 6.07) is 11.6. The lowest BCUT2D eigenvalue weighted by atomic mass is 10.0. The molecule has 0 aliphatic heterocycles. The normalized spacial score (nSPS) is 12.7. The number of benzene rings is 2. The van der Waals surface area contributed by atoms with E-state index in [4.69, 9.17) is 5.73 Å². The topological polar surface area (TPSA) is 29.3 Å². The molecule has 112 valence electrons. The highest BCUT2D eigenvalue weighted by Crippen LogP contribution is 2.24. The number of halogens is 3. The minimum atomic E-state index is -0.847. The van der Waals surface area contributed by atoms with Crippen molar-refractivity contribution in [1.82, 2.24) is 4.90 Å². The van der Waals surface area contributed by atoms with Gasteiger partial charge in [-0.3, -0.25) is 4.90 Å². The van der Waals surface area contributed by atoms with Crippen LogP contribution in [0.15, 0.2) is 46.9 Å². The minimum Gasteiger partial charge on any atom is -0.329 e. The predicted molar refractivity (Wildman–Crippen MR) is 83.8 cm³/mol. The Morgan fingerprint density at radius 3 is 2.48 bits per heavy atom. The maximum absolute atomic E-state index is 13.4. The summed E-state index contributed by atoms with van der Waals surface area (Å²) < 4.78 is 27.4. The number of nitrogens with zero attached hydrogens (tertiary/aromatic N) is 1. The van der Waals surface area contributed by atoms with Gasteiger partial charge in [0.25, 0.3) is 0 Å². The summed E-state index contributed by atoms with van der Waals surface area (Å²) in [6.45, 7) is 0.980. The molecule has 0 fully saturated rings. The Kier molecular flexibility index (Phi) is 5.45. The van der Waals surface area contributed by atoms with Crippen LogP contribution < -0.4 is 5.73 Å². The van der Waals surface area contributed by atoms with Crippen LogP contribution >= 0.6 is 15.9 Å². The summed E-state index contributed by atoms with van der Waals surface area (Å²) >= 11 is 3.51. The molecule has 2 aromatic carbocycles. The molecule has 5 heteroatoms. The predicted octanol–water partition coefficient (Wildman–Crippen LogP) is 3.86. The Hall–Kier alpha value is -1.30. The fourth-order valence-electron chi connectivity index (χ4n) is 2.30. The second-order valence-corrected chi connectivity index (χ2v) is 5.79. The Labute approximate surface area is 131 Å².